The first-order chi connectivity index (χ1) is 9.20. The Balaban J connectivity index is 2.11. The van der Waals surface area contributed by atoms with Crippen LogP contribution in [-0.4, -0.2) is 5.97 Å². The average molecular weight is 255 g/mol. The average Bonchev–Trinajstić information content (AvgIpc) is 2.45. The lowest BCUT2D eigenvalue weighted by Gasteiger charge is -2.06. The third-order valence-corrected chi connectivity index (χ3v) is 2.53. The number of halogens is 1. The SMILES string of the molecule is N#Cc1cc(F)ccc1C(=O)OCc1ccccc1. The Morgan fingerprint density at radius 2 is 1.95 bits per heavy atom. The predicted molar refractivity (Wildman–Crippen MR) is 66.7 cm³/mol. The molecule has 0 atom stereocenters. The maximum atomic E-state index is 12.9. The van der Waals surface area contributed by atoms with Crippen LogP contribution in [0.1, 0.15) is 21.5 Å². The molecule has 0 aliphatic rings. The van der Waals surface area contributed by atoms with Crippen LogP contribution in [0.2, 0.25) is 0 Å². The molecule has 0 saturated carbocycles. The first-order valence-electron chi connectivity index (χ1n) is 5.61. The molecule has 2 aromatic carbocycles. The van der Waals surface area contributed by atoms with E-state index in [4.69, 9.17) is 10.00 Å². The predicted octanol–water partition coefficient (Wildman–Crippen LogP) is 3.05. The van der Waals surface area contributed by atoms with Gasteiger partial charge in [-0.2, -0.15) is 5.26 Å². The van der Waals surface area contributed by atoms with Gasteiger partial charge in [0, 0.05) is 0 Å². The normalized spacial score (nSPS) is 9.68. The molecular weight excluding hydrogens is 245 g/mol. The second kappa shape index (κ2) is 5.78. The highest BCUT2D eigenvalue weighted by Crippen LogP contribution is 2.13. The Labute approximate surface area is 109 Å². The molecule has 4 heteroatoms. The molecule has 0 aliphatic heterocycles. The molecule has 0 aliphatic carbocycles. The lowest BCUT2D eigenvalue weighted by Crippen LogP contribution is -2.07. The van der Waals surface area contributed by atoms with E-state index in [0.29, 0.717) is 0 Å². The van der Waals surface area contributed by atoms with Crippen molar-refractivity contribution in [2.24, 2.45) is 0 Å². The lowest BCUT2D eigenvalue weighted by molar-refractivity contribution is 0.0472. The van der Waals surface area contributed by atoms with E-state index in [1.165, 1.54) is 6.07 Å². The highest BCUT2D eigenvalue weighted by molar-refractivity contribution is 5.92. The summed E-state index contributed by atoms with van der Waals surface area (Å²) < 4.78 is 18.0. The highest BCUT2D eigenvalue weighted by Gasteiger charge is 2.13. The minimum atomic E-state index is -0.639. The van der Waals surface area contributed by atoms with E-state index in [1.807, 2.05) is 30.3 Å². The summed E-state index contributed by atoms with van der Waals surface area (Å²) in [6.07, 6.45) is 0. The van der Waals surface area contributed by atoms with Crippen molar-refractivity contribution in [1.29, 1.82) is 5.26 Å². The Morgan fingerprint density at radius 3 is 2.63 bits per heavy atom. The Kier molecular flexibility index (Phi) is 3.89. The number of benzene rings is 2. The van der Waals surface area contributed by atoms with E-state index in [-0.39, 0.29) is 17.7 Å². The minimum absolute atomic E-state index is 0.0296. The number of rotatable bonds is 3. The molecule has 0 fully saturated rings. The van der Waals surface area contributed by atoms with Crippen molar-refractivity contribution in [3.05, 3.63) is 71.0 Å². The van der Waals surface area contributed by atoms with Crippen LogP contribution in [0.3, 0.4) is 0 Å². The Hall–Kier alpha value is -2.67. The zero-order valence-corrected chi connectivity index (χ0v) is 9.97. The van der Waals surface area contributed by atoms with Gasteiger partial charge in [0.15, 0.2) is 0 Å². The zero-order valence-electron chi connectivity index (χ0n) is 9.97. The van der Waals surface area contributed by atoms with Gasteiger partial charge in [-0.1, -0.05) is 30.3 Å². The Morgan fingerprint density at radius 1 is 1.21 bits per heavy atom. The van der Waals surface area contributed by atoms with Crippen molar-refractivity contribution in [3.8, 4) is 6.07 Å². The van der Waals surface area contributed by atoms with Crippen LogP contribution in [0.25, 0.3) is 0 Å². The van der Waals surface area contributed by atoms with Crippen molar-refractivity contribution in [2.75, 3.05) is 0 Å². The van der Waals surface area contributed by atoms with Crippen molar-refractivity contribution >= 4 is 5.97 Å². The molecule has 19 heavy (non-hydrogen) atoms. The van der Waals surface area contributed by atoms with Gasteiger partial charge in [0.2, 0.25) is 0 Å². The topological polar surface area (TPSA) is 50.1 Å². The number of carbonyl (C=O) groups excluding carboxylic acids is 1. The molecule has 0 saturated heterocycles. The first-order valence-corrected chi connectivity index (χ1v) is 5.61. The van der Waals surface area contributed by atoms with Crippen molar-refractivity contribution in [3.63, 3.8) is 0 Å². The van der Waals surface area contributed by atoms with Gasteiger partial charge < -0.3 is 4.74 Å². The van der Waals surface area contributed by atoms with Gasteiger partial charge in [-0.05, 0) is 23.8 Å². The van der Waals surface area contributed by atoms with Gasteiger partial charge >= 0.3 is 5.97 Å². The van der Waals surface area contributed by atoms with E-state index < -0.39 is 11.8 Å². The summed E-state index contributed by atoms with van der Waals surface area (Å²) in [7, 11) is 0. The zero-order chi connectivity index (χ0) is 13.7. The molecular formula is C15H10FNO2. The lowest BCUT2D eigenvalue weighted by atomic mass is 10.1. The summed E-state index contributed by atoms with van der Waals surface area (Å²) in [6, 6.07) is 14.3. The van der Waals surface area contributed by atoms with E-state index in [0.717, 1.165) is 17.7 Å². The second-order valence-electron chi connectivity index (χ2n) is 3.86. The smallest absolute Gasteiger partial charge is 0.339 e. The first kappa shape index (κ1) is 12.8. The number of hydrogen-bond acceptors (Lipinski definition) is 3. The number of esters is 1. The standard InChI is InChI=1S/C15H10FNO2/c16-13-6-7-14(12(8-13)9-17)15(18)19-10-11-4-2-1-3-5-11/h1-8H,10H2. The van der Waals surface area contributed by atoms with Crippen LogP contribution in [0.4, 0.5) is 4.39 Å². The van der Waals surface area contributed by atoms with E-state index in [9.17, 15) is 9.18 Å². The molecule has 0 amide bonds. The summed E-state index contributed by atoms with van der Waals surface area (Å²) >= 11 is 0. The monoisotopic (exact) mass is 255 g/mol. The van der Waals surface area contributed by atoms with E-state index >= 15 is 0 Å². The number of hydrogen-bond donors (Lipinski definition) is 0. The number of carbonyl (C=O) groups is 1. The summed E-state index contributed by atoms with van der Waals surface area (Å²) in [5.74, 6) is -1.20. The molecule has 0 bridgehead atoms. The summed E-state index contributed by atoms with van der Waals surface area (Å²) in [4.78, 5) is 11.8. The van der Waals surface area contributed by atoms with Crippen molar-refractivity contribution in [1.82, 2.24) is 0 Å². The molecule has 0 heterocycles. The van der Waals surface area contributed by atoms with Crippen molar-refractivity contribution in [2.45, 2.75) is 6.61 Å². The second-order valence-corrected chi connectivity index (χ2v) is 3.86. The molecule has 0 unspecified atom stereocenters. The van der Waals surface area contributed by atoms with Crippen LogP contribution in [-0.2, 0) is 11.3 Å². The summed E-state index contributed by atoms with van der Waals surface area (Å²) in [6.45, 7) is 0.113. The fourth-order valence-corrected chi connectivity index (χ4v) is 1.59. The highest BCUT2D eigenvalue weighted by atomic mass is 19.1. The van der Waals surface area contributed by atoms with Gasteiger partial charge in [-0.3, -0.25) is 0 Å². The molecule has 2 rings (SSSR count). The number of nitriles is 1. The molecule has 0 aromatic heterocycles. The summed E-state index contributed by atoms with van der Waals surface area (Å²) in [5.41, 5.74) is 0.884. The molecule has 2 aromatic rings. The van der Waals surface area contributed by atoms with Gasteiger partial charge in [-0.15, -0.1) is 0 Å². The Bertz CT molecular complexity index is 632. The van der Waals surface area contributed by atoms with Gasteiger partial charge in [0.05, 0.1) is 11.1 Å². The third-order valence-electron chi connectivity index (χ3n) is 2.53. The summed E-state index contributed by atoms with van der Waals surface area (Å²) in [5, 5.41) is 8.85. The van der Waals surface area contributed by atoms with Gasteiger partial charge in [0.25, 0.3) is 0 Å². The minimum Gasteiger partial charge on any atom is -0.457 e. The van der Waals surface area contributed by atoms with Gasteiger partial charge in [-0.25, -0.2) is 9.18 Å². The molecule has 0 N–H and O–H groups in total. The van der Waals surface area contributed by atoms with Crippen LogP contribution < -0.4 is 0 Å². The largest absolute Gasteiger partial charge is 0.457 e. The maximum absolute atomic E-state index is 12.9. The molecule has 94 valence electrons. The van der Waals surface area contributed by atoms with Crippen LogP contribution in [0.5, 0.6) is 0 Å². The van der Waals surface area contributed by atoms with Crippen LogP contribution >= 0.6 is 0 Å². The quantitative estimate of drug-likeness (QED) is 0.792. The van der Waals surface area contributed by atoms with Crippen LogP contribution in [0.15, 0.2) is 48.5 Å². The van der Waals surface area contributed by atoms with E-state index in [1.54, 1.807) is 6.07 Å². The third kappa shape index (κ3) is 3.17. The van der Waals surface area contributed by atoms with Crippen LogP contribution in [0, 0.1) is 17.1 Å². The van der Waals surface area contributed by atoms with Crippen molar-refractivity contribution < 1.29 is 13.9 Å². The van der Waals surface area contributed by atoms with E-state index in [2.05, 4.69) is 0 Å². The fourth-order valence-electron chi connectivity index (χ4n) is 1.59. The molecule has 0 spiro atoms. The molecule has 3 nitrogen and oxygen atoms in total. The van der Waals surface area contributed by atoms with Gasteiger partial charge in [0.1, 0.15) is 18.5 Å². The number of nitrogens with zero attached hydrogens (tertiary/aromatic N) is 1. The number of ether oxygens (including phenoxy) is 1. The molecule has 0 radical (unpaired) electrons. The fraction of sp³-hybridized carbons (Fsp3) is 0.0667. The maximum Gasteiger partial charge on any atom is 0.339 e.